The van der Waals surface area contributed by atoms with Gasteiger partial charge in [0.15, 0.2) is 5.82 Å². The molecule has 0 amide bonds. The minimum absolute atomic E-state index is 0.517. The van der Waals surface area contributed by atoms with Gasteiger partial charge in [0, 0.05) is 63.6 Å². The lowest BCUT2D eigenvalue weighted by molar-refractivity contribution is 0.0853. The zero-order valence-electron chi connectivity index (χ0n) is 19.5. The number of nitrogens with zero attached hydrogens (tertiary/aromatic N) is 6. The van der Waals surface area contributed by atoms with E-state index in [1.807, 2.05) is 11.8 Å². The lowest BCUT2D eigenvalue weighted by Gasteiger charge is -2.34. The fourth-order valence-corrected chi connectivity index (χ4v) is 6.81. The van der Waals surface area contributed by atoms with Gasteiger partial charge in [-0.3, -0.25) is 0 Å². The van der Waals surface area contributed by atoms with Crippen LogP contribution in [0.2, 0.25) is 0 Å². The fraction of sp³-hybridized carbons (Fsp3) is 0.600. The highest BCUT2D eigenvalue weighted by Gasteiger charge is 2.37. The number of benzene rings is 1. The molecule has 5 heterocycles. The van der Waals surface area contributed by atoms with Crippen LogP contribution in [0.3, 0.4) is 0 Å². The van der Waals surface area contributed by atoms with E-state index >= 15 is 0 Å². The van der Waals surface area contributed by atoms with Crippen molar-refractivity contribution in [1.29, 1.82) is 0 Å². The fourth-order valence-electron chi connectivity index (χ4n) is 5.74. The van der Waals surface area contributed by atoms with Crippen molar-refractivity contribution in [3.63, 3.8) is 0 Å². The molecule has 0 aliphatic carbocycles. The lowest BCUT2D eigenvalue weighted by Crippen LogP contribution is -2.44. The average molecular weight is 467 g/mol. The Hall–Kier alpha value is -1.87. The van der Waals surface area contributed by atoms with Crippen LogP contribution in [-0.4, -0.2) is 91.2 Å². The van der Waals surface area contributed by atoms with Crippen molar-refractivity contribution < 1.29 is 4.74 Å². The topological polar surface area (TPSA) is 48.0 Å². The normalized spacial score (nSPS) is 24.3. The summed E-state index contributed by atoms with van der Waals surface area (Å²) in [4.78, 5) is 19.6. The molecular weight excluding hydrogens is 432 g/mol. The highest BCUT2D eigenvalue weighted by molar-refractivity contribution is 7.99. The maximum absolute atomic E-state index is 5.64. The summed E-state index contributed by atoms with van der Waals surface area (Å²) < 4.78 is 5.64. The highest BCUT2D eigenvalue weighted by Crippen LogP contribution is 2.49. The summed E-state index contributed by atoms with van der Waals surface area (Å²) in [6.07, 6.45) is 5.12. The lowest BCUT2D eigenvalue weighted by atomic mass is 9.97. The van der Waals surface area contributed by atoms with E-state index in [1.165, 1.54) is 56.1 Å². The number of ether oxygens (including phenoxy) is 1. The molecule has 33 heavy (non-hydrogen) atoms. The SMILES string of the molecule is CN1CCN(CCC2CN(c3ncnc4c3N(C3CCOCC3)CS4)c3ccccc32)CC1. The number of thioether (sulfide) groups is 1. The Morgan fingerprint density at radius 1 is 1.06 bits per heavy atom. The highest BCUT2D eigenvalue weighted by atomic mass is 32.2. The predicted octanol–water partition coefficient (Wildman–Crippen LogP) is 3.40. The molecule has 4 aliphatic heterocycles. The predicted molar refractivity (Wildman–Crippen MR) is 134 cm³/mol. The van der Waals surface area contributed by atoms with E-state index in [0.29, 0.717) is 12.0 Å². The second-order valence-corrected chi connectivity index (χ2v) is 10.7. The van der Waals surface area contributed by atoms with E-state index in [0.717, 1.165) is 49.3 Å². The summed E-state index contributed by atoms with van der Waals surface area (Å²) in [6, 6.07) is 9.49. The van der Waals surface area contributed by atoms with E-state index < -0.39 is 0 Å². The van der Waals surface area contributed by atoms with Crippen molar-refractivity contribution in [2.45, 2.75) is 36.2 Å². The van der Waals surface area contributed by atoms with Crippen LogP contribution in [-0.2, 0) is 4.74 Å². The zero-order chi connectivity index (χ0) is 22.2. The van der Waals surface area contributed by atoms with Crippen LogP contribution in [0.4, 0.5) is 17.2 Å². The molecule has 2 saturated heterocycles. The molecule has 2 fully saturated rings. The standard InChI is InChI=1S/C25H34N6OS/c1-28-10-12-29(13-11-28)9-6-19-16-30(22-5-3-2-4-21(19)22)24-23-25(27-17-26-24)33-18-31(23)20-7-14-32-15-8-20/h2-5,17,19-20H,6-16,18H2,1H3. The summed E-state index contributed by atoms with van der Waals surface area (Å²) in [5, 5.41) is 1.13. The maximum Gasteiger partial charge on any atom is 0.161 e. The van der Waals surface area contributed by atoms with Gasteiger partial charge < -0.3 is 24.3 Å². The van der Waals surface area contributed by atoms with Crippen LogP contribution in [0.15, 0.2) is 35.6 Å². The Morgan fingerprint density at radius 2 is 1.88 bits per heavy atom. The van der Waals surface area contributed by atoms with Crippen molar-refractivity contribution >= 4 is 29.0 Å². The van der Waals surface area contributed by atoms with E-state index in [9.17, 15) is 0 Å². The first-order valence-corrected chi connectivity index (χ1v) is 13.4. The minimum atomic E-state index is 0.517. The van der Waals surface area contributed by atoms with Crippen molar-refractivity contribution in [1.82, 2.24) is 19.8 Å². The van der Waals surface area contributed by atoms with Crippen LogP contribution in [0.5, 0.6) is 0 Å². The Bertz CT molecular complexity index is 975. The zero-order valence-corrected chi connectivity index (χ0v) is 20.3. The minimum Gasteiger partial charge on any atom is -0.381 e. The van der Waals surface area contributed by atoms with E-state index in [4.69, 9.17) is 9.72 Å². The summed E-state index contributed by atoms with van der Waals surface area (Å²) in [5.41, 5.74) is 4.04. The van der Waals surface area contributed by atoms with Gasteiger partial charge >= 0.3 is 0 Å². The molecule has 0 bridgehead atoms. The van der Waals surface area contributed by atoms with Crippen molar-refractivity contribution in [2.75, 3.05) is 75.2 Å². The Kier molecular flexibility index (Phi) is 6.17. The molecule has 6 rings (SSSR count). The van der Waals surface area contributed by atoms with Crippen molar-refractivity contribution in [3.8, 4) is 0 Å². The molecule has 1 aromatic carbocycles. The Morgan fingerprint density at radius 3 is 2.73 bits per heavy atom. The van der Waals surface area contributed by atoms with Crippen LogP contribution < -0.4 is 9.80 Å². The molecule has 1 aromatic heterocycles. The molecule has 4 aliphatic rings. The maximum atomic E-state index is 5.64. The second-order valence-electron chi connectivity index (χ2n) is 9.74. The molecule has 1 unspecified atom stereocenters. The molecular formula is C25H34N6OS. The first-order chi connectivity index (χ1) is 16.3. The van der Waals surface area contributed by atoms with Gasteiger partial charge in [-0.05, 0) is 44.5 Å². The number of fused-ring (bicyclic) bond motifs is 2. The summed E-state index contributed by atoms with van der Waals surface area (Å²) in [7, 11) is 2.23. The molecule has 0 N–H and O–H groups in total. The van der Waals surface area contributed by atoms with Gasteiger partial charge in [-0.25, -0.2) is 9.97 Å². The van der Waals surface area contributed by atoms with Crippen LogP contribution in [0.1, 0.15) is 30.7 Å². The molecule has 2 aromatic rings. The molecule has 0 saturated carbocycles. The number of aromatic nitrogens is 2. The van der Waals surface area contributed by atoms with E-state index in [2.05, 4.69) is 55.9 Å². The van der Waals surface area contributed by atoms with Crippen LogP contribution in [0, 0.1) is 0 Å². The molecule has 8 heteroatoms. The number of anilines is 3. The number of hydrogen-bond donors (Lipinski definition) is 0. The van der Waals surface area contributed by atoms with Gasteiger partial charge in [-0.15, -0.1) is 0 Å². The van der Waals surface area contributed by atoms with Gasteiger partial charge in [0.25, 0.3) is 0 Å². The average Bonchev–Trinajstić information content (AvgIpc) is 3.46. The number of likely N-dealkylation sites (N-methyl/N-ethyl adjacent to an activating group) is 1. The summed E-state index contributed by atoms with van der Waals surface area (Å²) >= 11 is 1.85. The molecule has 176 valence electrons. The van der Waals surface area contributed by atoms with Crippen molar-refractivity contribution in [3.05, 3.63) is 36.2 Å². The summed E-state index contributed by atoms with van der Waals surface area (Å²) in [5.74, 6) is 2.59. The van der Waals surface area contributed by atoms with Crippen LogP contribution >= 0.6 is 11.8 Å². The monoisotopic (exact) mass is 466 g/mol. The molecule has 0 radical (unpaired) electrons. The third-order valence-corrected chi connectivity index (χ3v) is 8.72. The summed E-state index contributed by atoms with van der Waals surface area (Å²) in [6.45, 7) is 8.61. The molecule has 1 atom stereocenters. The van der Waals surface area contributed by atoms with Gasteiger partial charge in [0.05, 0.1) is 5.88 Å². The van der Waals surface area contributed by atoms with E-state index in [1.54, 1.807) is 6.33 Å². The van der Waals surface area contributed by atoms with Gasteiger partial charge in [-0.2, -0.15) is 0 Å². The first-order valence-electron chi connectivity index (χ1n) is 12.4. The third kappa shape index (κ3) is 4.22. The number of hydrogen-bond acceptors (Lipinski definition) is 8. The molecule has 7 nitrogen and oxygen atoms in total. The third-order valence-electron chi connectivity index (χ3n) is 7.74. The number of piperazine rings is 1. The van der Waals surface area contributed by atoms with Gasteiger partial charge in [0.2, 0.25) is 0 Å². The Labute approximate surface area is 201 Å². The van der Waals surface area contributed by atoms with Crippen molar-refractivity contribution in [2.24, 2.45) is 0 Å². The molecule has 0 spiro atoms. The van der Waals surface area contributed by atoms with Gasteiger partial charge in [-0.1, -0.05) is 30.0 Å². The quantitative estimate of drug-likeness (QED) is 0.622. The number of para-hydroxylation sites is 1. The van der Waals surface area contributed by atoms with Gasteiger partial charge in [0.1, 0.15) is 17.0 Å². The largest absolute Gasteiger partial charge is 0.381 e. The first kappa shape index (κ1) is 21.6. The van der Waals surface area contributed by atoms with Crippen LogP contribution in [0.25, 0.3) is 0 Å². The smallest absolute Gasteiger partial charge is 0.161 e. The Balaban J connectivity index is 1.25. The number of rotatable bonds is 5. The van der Waals surface area contributed by atoms with E-state index in [-0.39, 0.29) is 0 Å². The second kappa shape index (κ2) is 9.41.